The van der Waals surface area contributed by atoms with Crippen LogP contribution in [0.3, 0.4) is 0 Å². The second-order valence-corrected chi connectivity index (χ2v) is 9.10. The van der Waals surface area contributed by atoms with Gasteiger partial charge in [0.15, 0.2) is 9.84 Å². The second kappa shape index (κ2) is 5.61. The summed E-state index contributed by atoms with van der Waals surface area (Å²) in [6, 6.07) is -0.324. The summed E-state index contributed by atoms with van der Waals surface area (Å²) in [6.45, 7) is 6.15. The van der Waals surface area contributed by atoms with Gasteiger partial charge in [0.25, 0.3) is 0 Å². The molecule has 1 aliphatic rings. The molecular formula is C13H20ClN3O3S. The van der Waals surface area contributed by atoms with Gasteiger partial charge in [-0.05, 0) is 5.41 Å². The van der Waals surface area contributed by atoms with E-state index in [0.29, 0.717) is 5.02 Å². The Balaban J connectivity index is 2.18. The summed E-state index contributed by atoms with van der Waals surface area (Å²) in [5, 5.41) is 4.45. The van der Waals surface area contributed by atoms with E-state index < -0.39 is 9.84 Å². The number of sulfone groups is 1. The Kier molecular flexibility index (Phi) is 4.35. The standard InChI is InChI=1S/C13H20ClN3O3S/c1-13(2,3)11-9-21(19,20)5-4-17(11)12(18)8-16-7-10(14)6-15-16/h6-7,11H,4-5,8-9H2,1-3H3. The number of carbonyl (C=O) groups is 1. The van der Waals surface area contributed by atoms with E-state index in [4.69, 9.17) is 11.6 Å². The van der Waals surface area contributed by atoms with Gasteiger partial charge in [-0.25, -0.2) is 8.42 Å². The Bertz CT molecular complexity index is 633. The van der Waals surface area contributed by atoms with Gasteiger partial charge in [-0.1, -0.05) is 32.4 Å². The van der Waals surface area contributed by atoms with Crippen LogP contribution in [0.2, 0.25) is 5.02 Å². The van der Waals surface area contributed by atoms with Crippen molar-refractivity contribution in [3.63, 3.8) is 0 Å². The molecule has 1 saturated heterocycles. The molecule has 0 bridgehead atoms. The molecular weight excluding hydrogens is 314 g/mol. The highest BCUT2D eigenvalue weighted by Gasteiger charge is 2.40. The van der Waals surface area contributed by atoms with Gasteiger partial charge in [-0.15, -0.1) is 0 Å². The van der Waals surface area contributed by atoms with Gasteiger partial charge < -0.3 is 4.90 Å². The molecule has 0 radical (unpaired) electrons. The third-order valence-corrected chi connectivity index (χ3v) is 5.47. The third kappa shape index (κ3) is 3.97. The van der Waals surface area contributed by atoms with Gasteiger partial charge in [0.1, 0.15) is 6.54 Å². The summed E-state index contributed by atoms with van der Waals surface area (Å²) in [5.41, 5.74) is -0.301. The minimum atomic E-state index is -3.09. The largest absolute Gasteiger partial charge is 0.336 e. The summed E-state index contributed by atoms with van der Waals surface area (Å²) in [7, 11) is -3.09. The van der Waals surface area contributed by atoms with Crippen LogP contribution in [0.15, 0.2) is 12.4 Å². The smallest absolute Gasteiger partial charge is 0.244 e. The van der Waals surface area contributed by atoms with Crippen molar-refractivity contribution < 1.29 is 13.2 Å². The average molecular weight is 334 g/mol. The molecule has 1 aromatic rings. The van der Waals surface area contributed by atoms with Gasteiger partial charge in [0.05, 0.1) is 28.8 Å². The number of carbonyl (C=O) groups excluding carboxylic acids is 1. The van der Waals surface area contributed by atoms with Crippen LogP contribution < -0.4 is 0 Å². The molecule has 0 aliphatic carbocycles. The maximum atomic E-state index is 12.5. The Labute approximate surface area is 130 Å². The first-order valence-electron chi connectivity index (χ1n) is 6.76. The predicted octanol–water partition coefficient (Wildman–Crippen LogP) is 1.21. The molecule has 1 aromatic heterocycles. The lowest BCUT2D eigenvalue weighted by molar-refractivity contribution is -0.136. The zero-order chi connectivity index (χ0) is 15.8. The Morgan fingerprint density at radius 3 is 2.67 bits per heavy atom. The zero-order valence-corrected chi connectivity index (χ0v) is 14.0. The third-order valence-electron chi connectivity index (χ3n) is 3.65. The van der Waals surface area contributed by atoms with Crippen LogP contribution in [-0.4, -0.2) is 53.1 Å². The van der Waals surface area contributed by atoms with E-state index in [0.717, 1.165) is 0 Å². The number of rotatable bonds is 2. The molecule has 21 heavy (non-hydrogen) atoms. The molecule has 1 aliphatic heterocycles. The van der Waals surface area contributed by atoms with Crippen molar-refractivity contribution in [3.05, 3.63) is 17.4 Å². The first kappa shape index (κ1) is 16.3. The topological polar surface area (TPSA) is 72.3 Å². The van der Waals surface area contributed by atoms with E-state index in [-0.39, 0.29) is 42.0 Å². The maximum absolute atomic E-state index is 12.5. The van der Waals surface area contributed by atoms with Gasteiger partial charge in [-0.2, -0.15) is 5.10 Å². The number of hydrogen-bond donors (Lipinski definition) is 0. The number of aromatic nitrogens is 2. The SMILES string of the molecule is CC(C)(C)C1CS(=O)(=O)CCN1C(=O)Cn1cc(Cl)cn1. The van der Waals surface area contributed by atoms with Crippen molar-refractivity contribution in [1.29, 1.82) is 0 Å². The summed E-state index contributed by atoms with van der Waals surface area (Å²) >= 11 is 5.78. The molecule has 6 nitrogen and oxygen atoms in total. The zero-order valence-electron chi connectivity index (χ0n) is 12.4. The van der Waals surface area contributed by atoms with Crippen molar-refractivity contribution in [2.45, 2.75) is 33.4 Å². The molecule has 0 N–H and O–H groups in total. The first-order valence-corrected chi connectivity index (χ1v) is 8.96. The van der Waals surface area contributed by atoms with Crippen molar-refractivity contribution in [1.82, 2.24) is 14.7 Å². The quantitative estimate of drug-likeness (QED) is 0.815. The van der Waals surface area contributed by atoms with E-state index in [1.54, 1.807) is 11.1 Å². The molecule has 0 saturated carbocycles. The molecule has 2 heterocycles. The highest BCUT2D eigenvalue weighted by Crippen LogP contribution is 2.29. The number of nitrogens with zero attached hydrogens (tertiary/aromatic N) is 3. The van der Waals surface area contributed by atoms with Crippen LogP contribution in [0, 0.1) is 5.41 Å². The van der Waals surface area contributed by atoms with Crippen molar-refractivity contribution in [2.75, 3.05) is 18.1 Å². The van der Waals surface area contributed by atoms with Crippen LogP contribution in [0.1, 0.15) is 20.8 Å². The van der Waals surface area contributed by atoms with Crippen molar-refractivity contribution in [2.24, 2.45) is 5.41 Å². The molecule has 0 aromatic carbocycles. The van der Waals surface area contributed by atoms with Crippen LogP contribution in [0.25, 0.3) is 0 Å². The van der Waals surface area contributed by atoms with E-state index in [1.165, 1.54) is 10.9 Å². The Morgan fingerprint density at radius 2 is 2.14 bits per heavy atom. The molecule has 8 heteroatoms. The Morgan fingerprint density at radius 1 is 1.48 bits per heavy atom. The normalized spacial score (nSPS) is 22.3. The molecule has 118 valence electrons. The highest BCUT2D eigenvalue weighted by atomic mass is 35.5. The molecule has 0 spiro atoms. The second-order valence-electron chi connectivity index (χ2n) is 6.44. The molecule has 1 amide bonds. The average Bonchev–Trinajstić information content (AvgIpc) is 2.72. The summed E-state index contributed by atoms with van der Waals surface area (Å²) in [5.74, 6) is -0.0996. The van der Waals surface area contributed by atoms with Gasteiger partial charge in [0, 0.05) is 12.7 Å². The van der Waals surface area contributed by atoms with Gasteiger partial charge in [-0.3, -0.25) is 9.48 Å². The number of amides is 1. The first-order chi connectivity index (χ1) is 9.58. The number of halogens is 1. The van der Waals surface area contributed by atoms with Crippen molar-refractivity contribution in [3.8, 4) is 0 Å². The lowest BCUT2D eigenvalue weighted by atomic mass is 9.86. The molecule has 2 rings (SSSR count). The highest BCUT2D eigenvalue weighted by molar-refractivity contribution is 7.91. The summed E-state index contributed by atoms with van der Waals surface area (Å²) in [6.07, 6.45) is 3.04. The van der Waals surface area contributed by atoms with Crippen molar-refractivity contribution >= 4 is 27.3 Å². The summed E-state index contributed by atoms with van der Waals surface area (Å²) < 4.78 is 25.2. The van der Waals surface area contributed by atoms with E-state index in [1.807, 2.05) is 20.8 Å². The minimum absolute atomic E-state index is 0.0160. The van der Waals surface area contributed by atoms with Crippen LogP contribution in [-0.2, 0) is 21.2 Å². The van der Waals surface area contributed by atoms with E-state index in [9.17, 15) is 13.2 Å². The van der Waals surface area contributed by atoms with Gasteiger partial charge >= 0.3 is 0 Å². The maximum Gasteiger partial charge on any atom is 0.244 e. The van der Waals surface area contributed by atoms with Gasteiger partial charge in [0.2, 0.25) is 5.91 Å². The fourth-order valence-corrected chi connectivity index (χ4v) is 4.44. The predicted molar refractivity (Wildman–Crippen MR) is 80.8 cm³/mol. The van der Waals surface area contributed by atoms with E-state index >= 15 is 0 Å². The summed E-state index contributed by atoms with van der Waals surface area (Å²) in [4.78, 5) is 14.1. The van der Waals surface area contributed by atoms with E-state index in [2.05, 4.69) is 5.10 Å². The fraction of sp³-hybridized carbons (Fsp3) is 0.692. The molecule has 1 atom stereocenters. The monoisotopic (exact) mass is 333 g/mol. The number of hydrogen-bond acceptors (Lipinski definition) is 4. The minimum Gasteiger partial charge on any atom is -0.336 e. The van der Waals surface area contributed by atoms with Crippen LogP contribution in [0.5, 0.6) is 0 Å². The Hall–Kier alpha value is -1.08. The lowest BCUT2D eigenvalue weighted by Gasteiger charge is -2.43. The lowest BCUT2D eigenvalue weighted by Crippen LogP contribution is -2.57. The fourth-order valence-electron chi connectivity index (χ4n) is 2.48. The molecule has 1 unspecified atom stereocenters. The molecule has 1 fully saturated rings. The van der Waals surface area contributed by atoms with Crippen LogP contribution >= 0.6 is 11.6 Å². The van der Waals surface area contributed by atoms with Crippen LogP contribution in [0.4, 0.5) is 0 Å².